The summed E-state index contributed by atoms with van der Waals surface area (Å²) in [7, 11) is -3.76. The van der Waals surface area contributed by atoms with E-state index in [4.69, 9.17) is 23.3 Å². The van der Waals surface area contributed by atoms with Crippen LogP contribution in [-0.4, -0.2) is 53.6 Å². The summed E-state index contributed by atoms with van der Waals surface area (Å²) in [5.41, 5.74) is -2.21. The maximum Gasteiger partial charge on any atom is 0.510 e. The molecule has 1 heterocycles. The van der Waals surface area contributed by atoms with E-state index in [0.29, 0.717) is 18.9 Å². The molecule has 0 amide bonds. The molecule has 0 aliphatic rings. The van der Waals surface area contributed by atoms with Gasteiger partial charge in [0.15, 0.2) is 0 Å². The first-order chi connectivity index (χ1) is 16.7. The molecular formula is C23H38FN2O9P. The Morgan fingerprint density at radius 2 is 1.86 bits per heavy atom. The molecule has 1 aromatic rings. The number of halogens is 1. The van der Waals surface area contributed by atoms with Gasteiger partial charge in [0.1, 0.15) is 0 Å². The highest BCUT2D eigenvalue weighted by atomic mass is 31.2. The number of hydrogen-bond acceptors (Lipinski definition) is 9. The first-order valence-electron chi connectivity index (χ1n) is 11.7. The van der Waals surface area contributed by atoms with Gasteiger partial charge in [-0.25, -0.2) is 9.59 Å². The molecule has 0 aliphatic heterocycles. The topological polar surface area (TPSA) is 135 Å². The molecule has 0 aromatic carbocycles. The summed E-state index contributed by atoms with van der Waals surface area (Å²) in [5, 5.41) is 0. The third-order valence-corrected chi connectivity index (χ3v) is 6.23. The molecule has 1 unspecified atom stereocenters. The summed E-state index contributed by atoms with van der Waals surface area (Å²) in [6.07, 6.45) is 3.36. The quantitative estimate of drug-likeness (QED) is 0.108. The van der Waals surface area contributed by atoms with Gasteiger partial charge in [0, 0.05) is 13.2 Å². The molecule has 0 fully saturated rings. The van der Waals surface area contributed by atoms with Crippen LogP contribution in [0.15, 0.2) is 27.9 Å². The van der Waals surface area contributed by atoms with Crippen LogP contribution in [0.5, 0.6) is 0 Å². The molecule has 1 rings (SSSR count). The Morgan fingerprint density at radius 3 is 2.50 bits per heavy atom. The lowest BCUT2D eigenvalue weighted by Crippen LogP contribution is -2.31. The first-order valence-corrected chi connectivity index (χ1v) is 13.5. The molecule has 1 atom stereocenters. The van der Waals surface area contributed by atoms with E-state index in [9.17, 15) is 23.3 Å². The average Bonchev–Trinajstić information content (AvgIpc) is 2.73. The molecule has 36 heavy (non-hydrogen) atoms. The number of allylic oxidation sites excluding steroid dienone is 2. The number of nitrogens with zero attached hydrogens (tertiary/aromatic N) is 1. The number of H-pyrrole nitrogens is 1. The van der Waals surface area contributed by atoms with Crippen LogP contribution >= 0.6 is 7.60 Å². The van der Waals surface area contributed by atoms with Gasteiger partial charge >= 0.3 is 19.4 Å². The molecule has 0 saturated heterocycles. The van der Waals surface area contributed by atoms with Crippen molar-refractivity contribution in [3.05, 3.63) is 45.0 Å². The van der Waals surface area contributed by atoms with Crippen molar-refractivity contribution in [1.82, 2.24) is 9.55 Å². The molecule has 0 aliphatic carbocycles. The van der Waals surface area contributed by atoms with Gasteiger partial charge in [0.05, 0.1) is 30.7 Å². The van der Waals surface area contributed by atoms with Crippen LogP contribution in [0.1, 0.15) is 54.4 Å². The Labute approximate surface area is 210 Å². The highest BCUT2D eigenvalue weighted by molar-refractivity contribution is 7.54. The average molecular weight is 537 g/mol. The summed E-state index contributed by atoms with van der Waals surface area (Å²) < 4.78 is 53.7. The lowest BCUT2D eigenvalue weighted by Gasteiger charge is -2.27. The van der Waals surface area contributed by atoms with Gasteiger partial charge in [-0.15, -0.1) is 0 Å². The number of hydrogen-bond donors (Lipinski definition) is 1. The molecule has 13 heteroatoms. The van der Waals surface area contributed by atoms with Crippen LogP contribution in [0.3, 0.4) is 0 Å². The van der Waals surface area contributed by atoms with Gasteiger partial charge in [-0.1, -0.05) is 26.0 Å². The fraction of sp³-hybridized carbons (Fsp3) is 0.696. The standard InChI is InChI=1S/C23H38FN2O9P/c1-17(2)14-23(5,6)32-11-9-12-33-36(30,34-16-31-22(29)35-18(3)4)13-8-7-10-26-15-19(24)20(27)25-21(26)28/h7-8,15,17-18H,9-14,16H2,1-6H3,(H,25,27,28)/b8-7+. The third-order valence-electron chi connectivity index (χ3n) is 4.49. The van der Waals surface area contributed by atoms with E-state index in [1.54, 1.807) is 13.8 Å². The first kappa shape index (κ1) is 31.8. The molecule has 0 bridgehead atoms. The lowest BCUT2D eigenvalue weighted by molar-refractivity contribution is -0.0362. The summed E-state index contributed by atoms with van der Waals surface area (Å²) >= 11 is 0. The second kappa shape index (κ2) is 15.1. The highest BCUT2D eigenvalue weighted by Crippen LogP contribution is 2.48. The summed E-state index contributed by atoms with van der Waals surface area (Å²) in [6, 6.07) is 0. The zero-order chi connectivity index (χ0) is 27.4. The normalized spacial score (nSPS) is 13.9. The van der Waals surface area contributed by atoms with Crippen LogP contribution in [0.2, 0.25) is 0 Å². The maximum absolute atomic E-state index is 13.4. The van der Waals surface area contributed by atoms with E-state index in [0.717, 1.165) is 17.2 Å². The van der Waals surface area contributed by atoms with E-state index in [2.05, 4.69) is 13.8 Å². The van der Waals surface area contributed by atoms with Crippen molar-refractivity contribution in [3.8, 4) is 0 Å². The molecule has 1 N–H and O–H groups in total. The Hall–Kier alpha value is -2.27. The van der Waals surface area contributed by atoms with E-state index in [1.807, 2.05) is 18.8 Å². The predicted molar refractivity (Wildman–Crippen MR) is 132 cm³/mol. The van der Waals surface area contributed by atoms with Gasteiger partial charge in [-0.2, -0.15) is 4.39 Å². The maximum atomic E-state index is 13.4. The van der Waals surface area contributed by atoms with Crippen LogP contribution in [0.25, 0.3) is 0 Å². The monoisotopic (exact) mass is 536 g/mol. The molecule has 206 valence electrons. The second-order valence-electron chi connectivity index (χ2n) is 9.35. The summed E-state index contributed by atoms with van der Waals surface area (Å²) in [4.78, 5) is 36.2. The fourth-order valence-corrected chi connectivity index (χ4v) is 4.50. The number of carbonyl (C=O) groups is 1. The summed E-state index contributed by atoms with van der Waals surface area (Å²) in [6.45, 7) is 11.2. The summed E-state index contributed by atoms with van der Waals surface area (Å²) in [5.74, 6) is -0.632. The Morgan fingerprint density at radius 1 is 1.17 bits per heavy atom. The van der Waals surface area contributed by atoms with Crippen LogP contribution in [0, 0.1) is 11.7 Å². The SMILES string of the molecule is CC(C)CC(C)(C)OCCCOP(=O)(C/C=C/Cn1cc(F)c(=O)[nH]c1=O)OCOC(=O)OC(C)C. The van der Waals surface area contributed by atoms with Gasteiger partial charge < -0.3 is 18.7 Å². The number of aromatic nitrogens is 2. The third kappa shape index (κ3) is 13.2. The minimum atomic E-state index is -3.76. The Bertz CT molecular complexity index is 1020. The van der Waals surface area contributed by atoms with Crippen molar-refractivity contribution in [3.63, 3.8) is 0 Å². The van der Waals surface area contributed by atoms with E-state index in [1.165, 1.54) is 12.2 Å². The molecule has 1 aromatic heterocycles. The molecular weight excluding hydrogens is 498 g/mol. The van der Waals surface area contributed by atoms with Crippen molar-refractivity contribution in [2.75, 3.05) is 26.2 Å². The van der Waals surface area contributed by atoms with Gasteiger partial charge in [0.2, 0.25) is 12.6 Å². The number of ether oxygens (including phenoxy) is 3. The largest absolute Gasteiger partial charge is 0.510 e. The van der Waals surface area contributed by atoms with E-state index < -0.39 is 43.7 Å². The minimum Gasteiger partial charge on any atom is -0.432 e. The van der Waals surface area contributed by atoms with Crippen LogP contribution < -0.4 is 11.2 Å². The predicted octanol–water partition coefficient (Wildman–Crippen LogP) is 4.21. The number of carbonyl (C=O) groups excluding carboxylic acids is 1. The van der Waals surface area contributed by atoms with Crippen LogP contribution in [-0.2, 0) is 34.4 Å². The lowest BCUT2D eigenvalue weighted by atomic mass is 9.96. The minimum absolute atomic E-state index is 0.0594. The number of rotatable bonds is 16. The smallest absolute Gasteiger partial charge is 0.432 e. The molecule has 0 radical (unpaired) electrons. The molecule has 0 spiro atoms. The van der Waals surface area contributed by atoms with Crippen molar-refractivity contribution in [2.24, 2.45) is 5.92 Å². The van der Waals surface area contributed by atoms with Gasteiger partial charge in [0.25, 0.3) is 5.56 Å². The zero-order valence-corrected chi connectivity index (χ0v) is 22.7. The van der Waals surface area contributed by atoms with Crippen LogP contribution in [0.4, 0.5) is 9.18 Å². The van der Waals surface area contributed by atoms with Crippen molar-refractivity contribution in [1.29, 1.82) is 0 Å². The van der Waals surface area contributed by atoms with Crippen molar-refractivity contribution in [2.45, 2.75) is 72.6 Å². The Kier molecular flexibility index (Phi) is 13.3. The molecule has 11 nitrogen and oxygen atoms in total. The highest BCUT2D eigenvalue weighted by Gasteiger charge is 2.25. The van der Waals surface area contributed by atoms with E-state index >= 15 is 0 Å². The van der Waals surface area contributed by atoms with Crippen molar-refractivity contribution >= 4 is 13.8 Å². The number of nitrogens with one attached hydrogen (secondary N) is 1. The Balaban J connectivity index is 2.69. The second-order valence-corrected chi connectivity index (χ2v) is 11.5. The van der Waals surface area contributed by atoms with Gasteiger partial charge in [-0.3, -0.25) is 23.4 Å². The number of aromatic amines is 1. The zero-order valence-electron chi connectivity index (χ0n) is 21.8. The van der Waals surface area contributed by atoms with Crippen molar-refractivity contribution < 1.29 is 37.0 Å². The van der Waals surface area contributed by atoms with E-state index in [-0.39, 0.29) is 24.9 Å². The van der Waals surface area contributed by atoms with Gasteiger partial charge in [-0.05, 0) is 46.5 Å². The fourth-order valence-electron chi connectivity index (χ4n) is 3.19. The molecule has 0 saturated carbocycles.